The first-order chi connectivity index (χ1) is 12.0. The van der Waals surface area contributed by atoms with Gasteiger partial charge in [-0.25, -0.2) is 16.8 Å². The number of sulfone groups is 1. The van der Waals surface area contributed by atoms with E-state index in [9.17, 15) is 21.6 Å². The smallest absolute Gasteiger partial charge is 0.255 e. The van der Waals surface area contributed by atoms with Crippen LogP contribution in [0.5, 0.6) is 0 Å². The van der Waals surface area contributed by atoms with E-state index in [-0.39, 0.29) is 10.6 Å². The van der Waals surface area contributed by atoms with Gasteiger partial charge in [-0.2, -0.15) is 0 Å². The van der Waals surface area contributed by atoms with Crippen molar-refractivity contribution in [2.45, 2.75) is 18.7 Å². The van der Waals surface area contributed by atoms with Crippen LogP contribution in [-0.4, -0.2) is 34.8 Å². The third-order valence-corrected chi connectivity index (χ3v) is 5.99. The normalized spacial score (nSPS) is 11.8. The minimum absolute atomic E-state index is 0.0159. The number of nitrogens with one attached hydrogen (secondary N) is 2. The molecule has 0 aliphatic rings. The molecule has 1 amide bonds. The lowest BCUT2D eigenvalue weighted by atomic mass is 10.1. The molecule has 0 aliphatic carbocycles. The van der Waals surface area contributed by atoms with E-state index in [2.05, 4.69) is 10.0 Å². The quantitative estimate of drug-likeness (QED) is 0.779. The van der Waals surface area contributed by atoms with Gasteiger partial charge in [0.1, 0.15) is 0 Å². The van der Waals surface area contributed by atoms with Gasteiger partial charge in [0.2, 0.25) is 10.0 Å². The third-order valence-electron chi connectivity index (χ3n) is 3.65. The molecule has 2 aromatic rings. The van der Waals surface area contributed by atoms with Crippen LogP contribution in [0, 0.1) is 6.92 Å². The van der Waals surface area contributed by atoms with E-state index in [1.165, 1.54) is 30.3 Å². The Labute approximate surface area is 153 Å². The van der Waals surface area contributed by atoms with Crippen LogP contribution in [0.2, 0.25) is 0 Å². The Balaban J connectivity index is 2.21. The summed E-state index contributed by atoms with van der Waals surface area (Å²) in [5.41, 5.74) is 1.78. The number of amides is 1. The number of aryl methyl sites for hydroxylation is 1. The van der Waals surface area contributed by atoms with Gasteiger partial charge in [-0.3, -0.25) is 9.52 Å². The number of rotatable bonds is 6. The highest BCUT2D eigenvalue weighted by molar-refractivity contribution is 7.92. The molecule has 0 fully saturated rings. The fourth-order valence-electron chi connectivity index (χ4n) is 2.19. The van der Waals surface area contributed by atoms with Crippen LogP contribution in [0.1, 0.15) is 22.8 Å². The zero-order valence-electron chi connectivity index (χ0n) is 14.6. The van der Waals surface area contributed by atoms with Crippen LogP contribution in [0.25, 0.3) is 0 Å². The standard InChI is InChI=1S/C17H20N2O5S2/c1-4-26(23,24)15-9-6-13(7-10-15)17(20)18-14-8-5-12(2)16(11-14)19-25(3,21)22/h5-11,19H,4H2,1-3H3,(H,18,20). The predicted molar refractivity (Wildman–Crippen MR) is 102 cm³/mol. The summed E-state index contributed by atoms with van der Waals surface area (Å²) in [6.45, 7) is 3.29. The maximum atomic E-state index is 12.3. The molecule has 0 atom stereocenters. The Morgan fingerprint density at radius 3 is 2.15 bits per heavy atom. The van der Waals surface area contributed by atoms with Gasteiger partial charge in [0.15, 0.2) is 9.84 Å². The third kappa shape index (κ3) is 5.06. The molecule has 0 spiro atoms. The minimum atomic E-state index is -3.44. The van der Waals surface area contributed by atoms with Crippen LogP contribution in [0.3, 0.4) is 0 Å². The van der Waals surface area contributed by atoms with Crippen molar-refractivity contribution in [3.63, 3.8) is 0 Å². The van der Waals surface area contributed by atoms with Gasteiger partial charge < -0.3 is 5.32 Å². The van der Waals surface area contributed by atoms with Crippen molar-refractivity contribution in [2.75, 3.05) is 22.0 Å². The Morgan fingerprint density at radius 2 is 1.62 bits per heavy atom. The van der Waals surface area contributed by atoms with Crippen LogP contribution in [0.15, 0.2) is 47.4 Å². The summed E-state index contributed by atoms with van der Waals surface area (Å²) >= 11 is 0. The van der Waals surface area contributed by atoms with E-state index in [1.807, 2.05) is 0 Å². The van der Waals surface area contributed by atoms with E-state index in [1.54, 1.807) is 26.0 Å². The Bertz CT molecular complexity index is 1030. The van der Waals surface area contributed by atoms with Crippen LogP contribution in [0.4, 0.5) is 11.4 Å². The molecular weight excluding hydrogens is 376 g/mol. The Hall–Kier alpha value is -2.39. The molecule has 0 aromatic heterocycles. The molecule has 0 aliphatic heterocycles. The fourth-order valence-corrected chi connectivity index (χ4v) is 3.70. The first kappa shape index (κ1) is 19.9. The summed E-state index contributed by atoms with van der Waals surface area (Å²) in [7, 11) is -6.76. The molecule has 0 saturated carbocycles. The molecule has 0 saturated heterocycles. The lowest BCUT2D eigenvalue weighted by Gasteiger charge is -2.11. The van der Waals surface area contributed by atoms with Crippen molar-refractivity contribution < 1.29 is 21.6 Å². The van der Waals surface area contributed by atoms with Gasteiger partial charge in [0.25, 0.3) is 5.91 Å². The summed E-state index contributed by atoms with van der Waals surface area (Å²) in [5, 5.41) is 2.66. The molecule has 2 aromatic carbocycles. The molecule has 9 heteroatoms. The Kier molecular flexibility index (Phi) is 5.72. The number of carbonyl (C=O) groups excluding carboxylic acids is 1. The number of hydrogen-bond acceptors (Lipinski definition) is 5. The fraction of sp³-hybridized carbons (Fsp3) is 0.235. The summed E-state index contributed by atoms with van der Waals surface area (Å²) < 4.78 is 48.8. The monoisotopic (exact) mass is 396 g/mol. The van der Waals surface area contributed by atoms with E-state index >= 15 is 0 Å². The SMILES string of the molecule is CCS(=O)(=O)c1ccc(C(=O)Nc2ccc(C)c(NS(C)(=O)=O)c2)cc1. The Morgan fingerprint density at radius 1 is 1.00 bits per heavy atom. The molecule has 2 N–H and O–H groups in total. The van der Waals surface area contributed by atoms with Crippen LogP contribution >= 0.6 is 0 Å². The second-order valence-electron chi connectivity index (χ2n) is 5.79. The molecule has 0 bridgehead atoms. The maximum absolute atomic E-state index is 12.3. The van der Waals surface area contributed by atoms with Crippen molar-refractivity contribution in [3.05, 3.63) is 53.6 Å². The molecule has 0 unspecified atom stereocenters. The molecule has 0 heterocycles. The lowest BCUT2D eigenvalue weighted by molar-refractivity contribution is 0.102. The zero-order chi connectivity index (χ0) is 19.5. The highest BCUT2D eigenvalue weighted by atomic mass is 32.2. The van der Waals surface area contributed by atoms with Crippen molar-refractivity contribution in [1.29, 1.82) is 0 Å². The van der Waals surface area contributed by atoms with Crippen LogP contribution < -0.4 is 10.0 Å². The summed E-state index contributed by atoms with van der Waals surface area (Å²) in [5.74, 6) is -0.447. The summed E-state index contributed by atoms with van der Waals surface area (Å²) in [6, 6.07) is 10.5. The van der Waals surface area contributed by atoms with Crippen molar-refractivity contribution in [3.8, 4) is 0 Å². The van der Waals surface area contributed by atoms with Crippen molar-refractivity contribution in [1.82, 2.24) is 0 Å². The van der Waals surface area contributed by atoms with Gasteiger partial charge in [0, 0.05) is 11.3 Å². The zero-order valence-corrected chi connectivity index (χ0v) is 16.2. The molecule has 2 rings (SSSR count). The van der Waals surface area contributed by atoms with E-state index < -0.39 is 25.8 Å². The van der Waals surface area contributed by atoms with E-state index in [4.69, 9.17) is 0 Å². The molecule has 7 nitrogen and oxygen atoms in total. The number of hydrogen-bond donors (Lipinski definition) is 2. The number of benzene rings is 2. The average molecular weight is 396 g/mol. The number of carbonyl (C=O) groups is 1. The average Bonchev–Trinajstić information content (AvgIpc) is 2.56. The number of sulfonamides is 1. The molecular formula is C17H20N2O5S2. The largest absolute Gasteiger partial charge is 0.322 e. The highest BCUT2D eigenvalue weighted by Gasteiger charge is 2.13. The summed E-state index contributed by atoms with van der Waals surface area (Å²) in [4.78, 5) is 12.5. The first-order valence-corrected chi connectivity index (χ1v) is 11.3. The predicted octanol–water partition coefficient (Wildman–Crippen LogP) is 2.41. The van der Waals surface area contributed by atoms with E-state index in [0.717, 1.165) is 6.26 Å². The second-order valence-corrected chi connectivity index (χ2v) is 9.81. The van der Waals surface area contributed by atoms with Crippen LogP contribution in [-0.2, 0) is 19.9 Å². The number of anilines is 2. The molecule has 0 radical (unpaired) electrons. The van der Waals surface area contributed by atoms with Gasteiger partial charge in [-0.1, -0.05) is 13.0 Å². The highest BCUT2D eigenvalue weighted by Crippen LogP contribution is 2.22. The van der Waals surface area contributed by atoms with Crippen molar-refractivity contribution in [2.24, 2.45) is 0 Å². The topological polar surface area (TPSA) is 109 Å². The van der Waals surface area contributed by atoms with E-state index in [0.29, 0.717) is 22.5 Å². The van der Waals surface area contributed by atoms with Crippen molar-refractivity contribution >= 4 is 37.1 Å². The summed E-state index contributed by atoms with van der Waals surface area (Å²) in [6.07, 6.45) is 1.05. The van der Waals surface area contributed by atoms with Gasteiger partial charge in [-0.05, 0) is 48.9 Å². The molecule has 140 valence electrons. The van der Waals surface area contributed by atoms with Gasteiger partial charge in [-0.15, -0.1) is 0 Å². The maximum Gasteiger partial charge on any atom is 0.255 e. The van der Waals surface area contributed by atoms with Gasteiger partial charge >= 0.3 is 0 Å². The minimum Gasteiger partial charge on any atom is -0.322 e. The van der Waals surface area contributed by atoms with Gasteiger partial charge in [0.05, 0.1) is 22.6 Å². The second kappa shape index (κ2) is 7.46. The lowest BCUT2D eigenvalue weighted by Crippen LogP contribution is -2.14. The molecule has 26 heavy (non-hydrogen) atoms. The first-order valence-electron chi connectivity index (χ1n) is 7.74.